The van der Waals surface area contributed by atoms with E-state index in [4.69, 9.17) is 5.73 Å². The number of rotatable bonds is 4. The molecule has 1 fully saturated rings. The highest BCUT2D eigenvalue weighted by molar-refractivity contribution is 7.90. The monoisotopic (exact) mass is 346 g/mol. The van der Waals surface area contributed by atoms with Gasteiger partial charge in [0.1, 0.15) is 0 Å². The Morgan fingerprint density at radius 1 is 1.14 bits per heavy atom. The van der Waals surface area contributed by atoms with Crippen molar-refractivity contribution in [3.05, 3.63) is 24.3 Å². The van der Waals surface area contributed by atoms with E-state index < -0.39 is 19.9 Å². The summed E-state index contributed by atoms with van der Waals surface area (Å²) in [6.07, 6.45) is 2.85. The average Bonchev–Trinajstić information content (AvgIpc) is 2.46. The second-order valence-corrected chi connectivity index (χ2v) is 9.69. The van der Waals surface area contributed by atoms with Crippen LogP contribution < -0.4 is 5.73 Å². The summed E-state index contributed by atoms with van der Waals surface area (Å²) in [7, 11) is -7.00. The molecule has 0 aromatic heterocycles. The van der Waals surface area contributed by atoms with Crippen LogP contribution in [0.1, 0.15) is 19.8 Å². The van der Waals surface area contributed by atoms with Crippen LogP contribution in [0.15, 0.2) is 34.1 Å². The Labute approximate surface area is 132 Å². The Balaban J connectivity index is 2.37. The fourth-order valence-electron chi connectivity index (χ4n) is 2.85. The number of piperidine rings is 1. The SMILES string of the molecule is C[C@@H]1CCCN(S(=O)(=O)c2ccc(S(C)(=O)=O)cc2)[C@H]1CN. The van der Waals surface area contributed by atoms with E-state index in [0.29, 0.717) is 6.54 Å². The molecule has 8 heteroatoms. The Morgan fingerprint density at radius 3 is 2.18 bits per heavy atom. The van der Waals surface area contributed by atoms with Crippen molar-refractivity contribution < 1.29 is 16.8 Å². The van der Waals surface area contributed by atoms with E-state index >= 15 is 0 Å². The number of nitrogens with two attached hydrogens (primary N) is 1. The quantitative estimate of drug-likeness (QED) is 0.871. The number of sulfonamides is 1. The van der Waals surface area contributed by atoms with Crippen molar-refractivity contribution in [2.45, 2.75) is 35.6 Å². The molecule has 1 aromatic rings. The standard InChI is InChI=1S/C14H22N2O4S2/c1-11-4-3-9-16(14(11)10-15)22(19,20)13-7-5-12(6-8-13)21(2,17)18/h5-8,11,14H,3-4,9-10,15H2,1-2H3/t11-,14+/m1/s1. The molecule has 0 spiro atoms. The summed E-state index contributed by atoms with van der Waals surface area (Å²) < 4.78 is 49.9. The van der Waals surface area contributed by atoms with Gasteiger partial charge in [0.05, 0.1) is 9.79 Å². The zero-order valence-electron chi connectivity index (χ0n) is 12.8. The van der Waals surface area contributed by atoms with Gasteiger partial charge in [-0.25, -0.2) is 16.8 Å². The van der Waals surface area contributed by atoms with E-state index in [1.807, 2.05) is 6.92 Å². The minimum Gasteiger partial charge on any atom is -0.329 e. The van der Waals surface area contributed by atoms with Crippen molar-refractivity contribution in [1.29, 1.82) is 0 Å². The molecule has 124 valence electrons. The number of sulfone groups is 1. The summed E-state index contributed by atoms with van der Waals surface area (Å²) >= 11 is 0. The van der Waals surface area contributed by atoms with Gasteiger partial charge in [-0.2, -0.15) is 4.31 Å². The zero-order valence-corrected chi connectivity index (χ0v) is 14.4. The van der Waals surface area contributed by atoms with Crippen LogP contribution in [0.3, 0.4) is 0 Å². The highest BCUT2D eigenvalue weighted by atomic mass is 32.2. The Bertz CT molecular complexity index is 727. The molecular formula is C14H22N2O4S2. The molecule has 0 amide bonds. The van der Waals surface area contributed by atoms with Gasteiger partial charge in [0.15, 0.2) is 9.84 Å². The highest BCUT2D eigenvalue weighted by Gasteiger charge is 2.36. The van der Waals surface area contributed by atoms with Crippen LogP contribution in [0.25, 0.3) is 0 Å². The summed E-state index contributed by atoms with van der Waals surface area (Å²) in [6.45, 7) is 2.73. The average molecular weight is 346 g/mol. The first-order valence-electron chi connectivity index (χ1n) is 7.20. The van der Waals surface area contributed by atoms with Crippen LogP contribution in [0.4, 0.5) is 0 Å². The molecule has 2 N–H and O–H groups in total. The molecule has 0 aliphatic carbocycles. The van der Waals surface area contributed by atoms with Crippen molar-refractivity contribution in [3.63, 3.8) is 0 Å². The van der Waals surface area contributed by atoms with Gasteiger partial charge < -0.3 is 5.73 Å². The molecule has 0 saturated carbocycles. The number of nitrogens with zero attached hydrogens (tertiary/aromatic N) is 1. The van der Waals surface area contributed by atoms with Gasteiger partial charge in [0, 0.05) is 25.4 Å². The van der Waals surface area contributed by atoms with Crippen LogP contribution in [-0.4, -0.2) is 46.5 Å². The number of hydrogen-bond donors (Lipinski definition) is 1. The molecule has 1 aromatic carbocycles. The molecule has 22 heavy (non-hydrogen) atoms. The molecule has 2 atom stereocenters. The van der Waals surface area contributed by atoms with E-state index in [-0.39, 0.29) is 28.3 Å². The maximum atomic E-state index is 12.8. The fraction of sp³-hybridized carbons (Fsp3) is 0.571. The van der Waals surface area contributed by atoms with Gasteiger partial charge in [-0.1, -0.05) is 6.92 Å². The van der Waals surface area contributed by atoms with E-state index in [9.17, 15) is 16.8 Å². The molecule has 1 aliphatic rings. The minimum atomic E-state index is -3.66. The summed E-state index contributed by atoms with van der Waals surface area (Å²) in [5, 5.41) is 0. The highest BCUT2D eigenvalue weighted by Crippen LogP contribution is 2.29. The maximum Gasteiger partial charge on any atom is 0.243 e. The minimum absolute atomic E-state index is 0.104. The summed E-state index contributed by atoms with van der Waals surface area (Å²) in [6, 6.07) is 5.13. The summed E-state index contributed by atoms with van der Waals surface area (Å²) in [5.41, 5.74) is 5.75. The summed E-state index contributed by atoms with van der Waals surface area (Å²) in [4.78, 5) is 0.210. The van der Waals surface area contributed by atoms with Crippen LogP contribution in [-0.2, 0) is 19.9 Å². The van der Waals surface area contributed by atoms with Crippen molar-refractivity contribution >= 4 is 19.9 Å². The zero-order chi connectivity index (χ0) is 16.5. The third-order valence-electron chi connectivity index (χ3n) is 4.16. The lowest BCUT2D eigenvalue weighted by molar-refractivity contribution is 0.192. The molecule has 0 radical (unpaired) electrons. The molecule has 1 saturated heterocycles. The molecule has 0 unspecified atom stereocenters. The van der Waals surface area contributed by atoms with Crippen molar-refractivity contribution in [2.75, 3.05) is 19.3 Å². The van der Waals surface area contributed by atoms with Gasteiger partial charge in [-0.05, 0) is 43.0 Å². The predicted octanol–water partition coefficient (Wildman–Crippen LogP) is 0.838. The molecule has 6 nitrogen and oxygen atoms in total. The second-order valence-electron chi connectivity index (χ2n) is 5.78. The first-order chi connectivity index (χ1) is 10.2. The van der Waals surface area contributed by atoms with Crippen molar-refractivity contribution in [1.82, 2.24) is 4.31 Å². The van der Waals surface area contributed by atoms with Crippen LogP contribution in [0, 0.1) is 5.92 Å². The molecule has 2 rings (SSSR count). The lowest BCUT2D eigenvalue weighted by atomic mass is 9.93. The third-order valence-corrected chi connectivity index (χ3v) is 7.23. The second kappa shape index (κ2) is 6.27. The van der Waals surface area contributed by atoms with E-state index in [2.05, 4.69) is 0 Å². The Morgan fingerprint density at radius 2 is 1.68 bits per heavy atom. The maximum absolute atomic E-state index is 12.8. The van der Waals surface area contributed by atoms with Crippen LogP contribution >= 0.6 is 0 Å². The third kappa shape index (κ3) is 3.34. The predicted molar refractivity (Wildman–Crippen MR) is 84.7 cm³/mol. The van der Waals surface area contributed by atoms with Crippen LogP contribution in [0.5, 0.6) is 0 Å². The lowest BCUT2D eigenvalue weighted by Gasteiger charge is -2.38. The van der Waals surface area contributed by atoms with Gasteiger partial charge in [-0.15, -0.1) is 0 Å². The van der Waals surface area contributed by atoms with E-state index in [0.717, 1.165) is 19.1 Å². The molecule has 1 heterocycles. The molecule has 1 aliphatic heterocycles. The molecular weight excluding hydrogens is 324 g/mol. The van der Waals surface area contributed by atoms with E-state index in [1.165, 1.54) is 28.6 Å². The lowest BCUT2D eigenvalue weighted by Crippen LogP contribution is -2.51. The van der Waals surface area contributed by atoms with Gasteiger partial charge >= 0.3 is 0 Å². The summed E-state index contributed by atoms with van der Waals surface area (Å²) in [5.74, 6) is 0.212. The Hall–Kier alpha value is -0.960. The smallest absolute Gasteiger partial charge is 0.243 e. The largest absolute Gasteiger partial charge is 0.329 e. The van der Waals surface area contributed by atoms with Crippen molar-refractivity contribution in [2.24, 2.45) is 11.7 Å². The number of benzene rings is 1. The van der Waals surface area contributed by atoms with Gasteiger partial charge in [0.25, 0.3) is 0 Å². The van der Waals surface area contributed by atoms with Crippen molar-refractivity contribution in [3.8, 4) is 0 Å². The van der Waals surface area contributed by atoms with Crippen LogP contribution in [0.2, 0.25) is 0 Å². The number of hydrogen-bond acceptors (Lipinski definition) is 5. The first-order valence-corrected chi connectivity index (χ1v) is 10.5. The molecule has 0 bridgehead atoms. The Kier molecular flexibility index (Phi) is 4.96. The first kappa shape index (κ1) is 17.4. The van der Waals surface area contributed by atoms with Gasteiger partial charge in [-0.3, -0.25) is 0 Å². The topological polar surface area (TPSA) is 97.5 Å². The van der Waals surface area contributed by atoms with Gasteiger partial charge in [0.2, 0.25) is 10.0 Å². The van der Waals surface area contributed by atoms with E-state index in [1.54, 1.807) is 0 Å². The fourth-order valence-corrected chi connectivity index (χ4v) is 5.25. The normalized spacial score (nSPS) is 24.3.